The van der Waals surface area contributed by atoms with Crippen LogP contribution in [-0.4, -0.2) is 13.1 Å². The van der Waals surface area contributed by atoms with E-state index in [-0.39, 0.29) is 11.4 Å². The summed E-state index contributed by atoms with van der Waals surface area (Å²) >= 11 is 0. The second-order valence-electron chi connectivity index (χ2n) is 7.96. The average Bonchev–Trinajstić information content (AvgIpc) is 2.92. The number of methoxy groups -OCH3 is 1. The van der Waals surface area contributed by atoms with Crippen LogP contribution in [0.5, 0.6) is 0 Å². The van der Waals surface area contributed by atoms with E-state index in [1.807, 2.05) is 6.92 Å². The zero-order valence-corrected chi connectivity index (χ0v) is 16.7. The van der Waals surface area contributed by atoms with Crippen LogP contribution in [0.3, 0.4) is 0 Å². The van der Waals surface area contributed by atoms with Gasteiger partial charge in [-0.05, 0) is 75.0 Å². The SMILES string of the molecule is COC(=O)C1=C(C)/C(=C/C=C(C)/C=C/C2=C(C)CCCC2(C)C)CC1. The molecule has 0 radical (unpaired) electrons. The van der Waals surface area contributed by atoms with E-state index in [0.29, 0.717) is 0 Å². The lowest BCUT2D eigenvalue weighted by atomic mass is 9.72. The molecule has 0 spiro atoms. The summed E-state index contributed by atoms with van der Waals surface area (Å²) in [5, 5.41) is 0. The number of carbonyl (C=O) groups excluding carboxylic acids is 1. The Kier molecular flexibility index (Phi) is 6.26. The van der Waals surface area contributed by atoms with Crippen molar-refractivity contribution in [3.05, 3.63) is 57.7 Å². The smallest absolute Gasteiger partial charge is 0.334 e. The number of rotatable bonds is 4. The van der Waals surface area contributed by atoms with Crippen molar-refractivity contribution in [3.8, 4) is 0 Å². The third kappa shape index (κ3) is 4.62. The highest BCUT2D eigenvalue weighted by Crippen LogP contribution is 2.40. The van der Waals surface area contributed by atoms with Crippen LogP contribution in [0.4, 0.5) is 0 Å². The topological polar surface area (TPSA) is 26.3 Å². The quantitative estimate of drug-likeness (QED) is 0.448. The van der Waals surface area contributed by atoms with E-state index < -0.39 is 0 Å². The third-order valence-electron chi connectivity index (χ3n) is 5.61. The van der Waals surface area contributed by atoms with Gasteiger partial charge in [0.15, 0.2) is 0 Å². The van der Waals surface area contributed by atoms with Crippen LogP contribution < -0.4 is 0 Å². The van der Waals surface area contributed by atoms with Crippen LogP contribution in [0.1, 0.15) is 66.7 Å². The summed E-state index contributed by atoms with van der Waals surface area (Å²) in [6.07, 6.45) is 14.3. The van der Waals surface area contributed by atoms with Gasteiger partial charge in [-0.15, -0.1) is 0 Å². The van der Waals surface area contributed by atoms with Gasteiger partial charge in [-0.2, -0.15) is 0 Å². The lowest BCUT2D eigenvalue weighted by molar-refractivity contribution is -0.136. The van der Waals surface area contributed by atoms with Crippen LogP contribution in [0.15, 0.2) is 57.7 Å². The van der Waals surface area contributed by atoms with E-state index in [1.54, 1.807) is 0 Å². The van der Waals surface area contributed by atoms with Crippen molar-refractivity contribution in [1.82, 2.24) is 0 Å². The summed E-state index contributed by atoms with van der Waals surface area (Å²) in [4.78, 5) is 11.7. The van der Waals surface area contributed by atoms with Crippen LogP contribution >= 0.6 is 0 Å². The molecule has 0 aromatic carbocycles. The fraction of sp³-hybridized carbons (Fsp3) is 0.522. The second-order valence-corrected chi connectivity index (χ2v) is 7.96. The number of carbonyl (C=O) groups is 1. The normalized spacial score (nSPS) is 23.1. The Balaban J connectivity index is 2.15. The Bertz CT molecular complexity index is 694. The molecule has 0 aromatic heterocycles. The predicted molar refractivity (Wildman–Crippen MR) is 105 cm³/mol. The lowest BCUT2D eigenvalue weighted by Crippen LogP contribution is -2.19. The molecule has 0 unspecified atom stereocenters. The monoisotopic (exact) mass is 340 g/mol. The molecule has 2 rings (SSSR count). The van der Waals surface area contributed by atoms with Gasteiger partial charge in [0.05, 0.1) is 7.11 Å². The lowest BCUT2D eigenvalue weighted by Gasteiger charge is -2.32. The molecular formula is C23H32O2. The Hall–Kier alpha value is -1.83. The van der Waals surface area contributed by atoms with Crippen molar-refractivity contribution in [2.75, 3.05) is 7.11 Å². The summed E-state index contributed by atoms with van der Waals surface area (Å²) in [5.41, 5.74) is 7.65. The molecule has 0 fully saturated rings. The largest absolute Gasteiger partial charge is 0.466 e. The van der Waals surface area contributed by atoms with Crippen molar-refractivity contribution >= 4 is 5.97 Å². The standard InChI is InChI=1S/C23H32O2/c1-16(10-14-21-17(2)8-7-15-23(21,4)5)9-11-19-12-13-20(18(19)3)22(24)25-6/h9-11,14H,7-8,12-13,15H2,1-6H3/b14-10+,16-9+,19-11+. The molecule has 2 heteroatoms. The molecule has 0 atom stereocenters. The highest BCUT2D eigenvalue weighted by molar-refractivity contribution is 5.91. The Morgan fingerprint density at radius 1 is 1.16 bits per heavy atom. The third-order valence-corrected chi connectivity index (χ3v) is 5.61. The van der Waals surface area contributed by atoms with Crippen molar-refractivity contribution in [3.63, 3.8) is 0 Å². The highest BCUT2D eigenvalue weighted by atomic mass is 16.5. The van der Waals surface area contributed by atoms with Gasteiger partial charge in [-0.3, -0.25) is 0 Å². The summed E-state index contributed by atoms with van der Waals surface area (Å²) in [5.74, 6) is -0.191. The van der Waals surface area contributed by atoms with E-state index in [0.717, 1.165) is 24.0 Å². The van der Waals surface area contributed by atoms with E-state index in [4.69, 9.17) is 4.74 Å². The Morgan fingerprint density at radius 2 is 1.88 bits per heavy atom. The molecule has 0 heterocycles. The minimum absolute atomic E-state index is 0.191. The first kappa shape index (κ1) is 19.5. The molecule has 25 heavy (non-hydrogen) atoms. The summed E-state index contributed by atoms with van der Waals surface area (Å²) < 4.78 is 4.86. The first-order valence-electron chi connectivity index (χ1n) is 9.30. The van der Waals surface area contributed by atoms with Gasteiger partial charge in [0.25, 0.3) is 0 Å². The number of hydrogen-bond donors (Lipinski definition) is 0. The molecule has 0 amide bonds. The molecule has 0 aromatic rings. The van der Waals surface area contributed by atoms with E-state index in [2.05, 4.69) is 52.0 Å². The van der Waals surface area contributed by atoms with Crippen LogP contribution in [0.25, 0.3) is 0 Å². The van der Waals surface area contributed by atoms with Gasteiger partial charge in [0.1, 0.15) is 0 Å². The van der Waals surface area contributed by atoms with Crippen LogP contribution in [0, 0.1) is 5.41 Å². The van der Waals surface area contributed by atoms with Gasteiger partial charge in [-0.1, -0.05) is 49.3 Å². The van der Waals surface area contributed by atoms with Crippen molar-refractivity contribution in [2.45, 2.75) is 66.7 Å². The minimum atomic E-state index is -0.191. The van der Waals surface area contributed by atoms with Gasteiger partial charge in [-0.25, -0.2) is 4.79 Å². The molecule has 0 aliphatic heterocycles. The molecule has 0 N–H and O–H groups in total. The fourth-order valence-corrected chi connectivity index (χ4v) is 3.93. The molecule has 2 aliphatic carbocycles. The molecule has 0 saturated heterocycles. The van der Waals surface area contributed by atoms with Crippen molar-refractivity contribution < 1.29 is 9.53 Å². The number of hydrogen-bond acceptors (Lipinski definition) is 2. The van der Waals surface area contributed by atoms with E-state index >= 15 is 0 Å². The number of esters is 1. The van der Waals surface area contributed by atoms with Gasteiger partial charge < -0.3 is 4.74 Å². The van der Waals surface area contributed by atoms with E-state index in [9.17, 15) is 4.79 Å². The highest BCUT2D eigenvalue weighted by Gasteiger charge is 2.26. The maximum atomic E-state index is 11.7. The first-order chi connectivity index (χ1) is 11.8. The maximum absolute atomic E-state index is 11.7. The molecule has 2 aliphatic rings. The summed E-state index contributed by atoms with van der Waals surface area (Å²) in [7, 11) is 1.45. The second kappa shape index (κ2) is 8.03. The number of allylic oxidation sites excluding steroid dienone is 9. The van der Waals surface area contributed by atoms with Gasteiger partial charge in [0.2, 0.25) is 0 Å². The minimum Gasteiger partial charge on any atom is -0.466 e. The van der Waals surface area contributed by atoms with Crippen molar-refractivity contribution in [1.29, 1.82) is 0 Å². The van der Waals surface area contributed by atoms with Gasteiger partial charge >= 0.3 is 5.97 Å². The first-order valence-corrected chi connectivity index (χ1v) is 9.30. The summed E-state index contributed by atoms with van der Waals surface area (Å²) in [6, 6.07) is 0. The van der Waals surface area contributed by atoms with Crippen LogP contribution in [-0.2, 0) is 9.53 Å². The summed E-state index contributed by atoms with van der Waals surface area (Å²) in [6.45, 7) is 11.1. The van der Waals surface area contributed by atoms with Gasteiger partial charge in [0, 0.05) is 5.57 Å². The zero-order chi connectivity index (χ0) is 18.6. The molecule has 2 nitrogen and oxygen atoms in total. The molecule has 0 saturated carbocycles. The predicted octanol–water partition coefficient (Wildman–Crippen LogP) is 6.23. The number of ether oxygens (including phenoxy) is 1. The Labute approximate surface area is 153 Å². The molecule has 0 bridgehead atoms. The Morgan fingerprint density at radius 3 is 2.52 bits per heavy atom. The molecular weight excluding hydrogens is 308 g/mol. The van der Waals surface area contributed by atoms with Crippen molar-refractivity contribution in [2.24, 2.45) is 5.41 Å². The fourth-order valence-electron chi connectivity index (χ4n) is 3.93. The molecule has 136 valence electrons. The van der Waals surface area contributed by atoms with Crippen LogP contribution in [0.2, 0.25) is 0 Å². The zero-order valence-electron chi connectivity index (χ0n) is 16.7. The van der Waals surface area contributed by atoms with E-state index in [1.165, 1.54) is 48.7 Å². The average molecular weight is 341 g/mol. The maximum Gasteiger partial charge on any atom is 0.334 e.